The number of rotatable bonds is 1. The molecule has 0 saturated carbocycles. The summed E-state index contributed by atoms with van der Waals surface area (Å²) >= 11 is 6.16. The van der Waals surface area contributed by atoms with E-state index in [0.717, 1.165) is 27.9 Å². The monoisotopic (exact) mass is 377 g/mol. The van der Waals surface area contributed by atoms with Crippen molar-refractivity contribution in [1.29, 1.82) is 0 Å². The fourth-order valence-corrected chi connectivity index (χ4v) is 3.54. The predicted molar refractivity (Wildman–Crippen MR) is 109 cm³/mol. The first kappa shape index (κ1) is 17.5. The van der Waals surface area contributed by atoms with E-state index in [9.17, 15) is 9.18 Å². The molecule has 0 fully saturated rings. The van der Waals surface area contributed by atoms with Crippen LogP contribution in [-0.2, 0) is 11.3 Å². The van der Waals surface area contributed by atoms with Crippen LogP contribution in [0.25, 0.3) is 23.3 Å². The molecule has 0 saturated heterocycles. The van der Waals surface area contributed by atoms with Crippen LogP contribution in [0.4, 0.5) is 10.1 Å². The Bertz CT molecular complexity index is 1060. The number of carbonyl (C=O) groups excluding carboxylic acids is 1. The van der Waals surface area contributed by atoms with Crippen LogP contribution in [0.5, 0.6) is 0 Å². The van der Waals surface area contributed by atoms with Crippen LogP contribution >= 0.6 is 11.6 Å². The van der Waals surface area contributed by atoms with E-state index in [1.807, 2.05) is 54.6 Å². The van der Waals surface area contributed by atoms with E-state index >= 15 is 0 Å². The Balaban J connectivity index is 1.89. The zero-order valence-electron chi connectivity index (χ0n) is 14.7. The maximum absolute atomic E-state index is 14.8. The van der Waals surface area contributed by atoms with Gasteiger partial charge in [0.1, 0.15) is 5.82 Å². The number of hydrogen-bond donors (Lipinski definition) is 0. The minimum Gasteiger partial charge on any atom is -0.308 e. The molecular formula is C23H17ClFNO. The second-order valence-electron chi connectivity index (χ2n) is 6.54. The Morgan fingerprint density at radius 3 is 2.48 bits per heavy atom. The van der Waals surface area contributed by atoms with Gasteiger partial charge in [-0.1, -0.05) is 60.2 Å². The topological polar surface area (TPSA) is 20.3 Å². The van der Waals surface area contributed by atoms with E-state index in [-0.39, 0.29) is 11.7 Å². The van der Waals surface area contributed by atoms with Crippen LogP contribution in [0.3, 0.4) is 0 Å². The van der Waals surface area contributed by atoms with E-state index in [0.29, 0.717) is 17.1 Å². The number of anilines is 1. The molecule has 0 aliphatic carbocycles. The second-order valence-corrected chi connectivity index (χ2v) is 6.97. The molecule has 3 aromatic carbocycles. The number of carbonyl (C=O) groups is 1. The van der Waals surface area contributed by atoms with E-state index in [1.165, 1.54) is 13.0 Å². The minimum absolute atomic E-state index is 0.0923. The summed E-state index contributed by atoms with van der Waals surface area (Å²) in [5, 5.41) is 0.568. The van der Waals surface area contributed by atoms with Crippen molar-refractivity contribution in [2.45, 2.75) is 13.5 Å². The molecule has 2 nitrogen and oxygen atoms in total. The van der Waals surface area contributed by atoms with Crippen molar-refractivity contribution in [1.82, 2.24) is 0 Å². The fraction of sp³-hybridized carbons (Fsp3) is 0.0870. The molecule has 4 rings (SSSR count). The molecule has 134 valence electrons. The Hall–Kier alpha value is -2.91. The molecule has 1 aliphatic heterocycles. The number of amides is 1. The van der Waals surface area contributed by atoms with Crippen LogP contribution in [0.15, 0.2) is 60.7 Å². The number of fused-ring (bicyclic) bond motifs is 2. The summed E-state index contributed by atoms with van der Waals surface area (Å²) in [7, 11) is 0. The third kappa shape index (κ3) is 3.38. The van der Waals surface area contributed by atoms with Crippen molar-refractivity contribution in [2.75, 3.05) is 4.90 Å². The summed E-state index contributed by atoms with van der Waals surface area (Å²) in [5.74, 6) is -0.374. The average Bonchev–Trinajstić information content (AvgIpc) is 2.65. The third-order valence-corrected chi connectivity index (χ3v) is 4.98. The molecule has 0 unspecified atom stereocenters. The summed E-state index contributed by atoms with van der Waals surface area (Å²) in [6.07, 6.45) is 3.78. The zero-order valence-corrected chi connectivity index (χ0v) is 15.5. The Labute approximate surface area is 162 Å². The summed E-state index contributed by atoms with van der Waals surface area (Å²) in [6.45, 7) is 1.87. The van der Waals surface area contributed by atoms with E-state index in [2.05, 4.69) is 0 Å². The summed E-state index contributed by atoms with van der Waals surface area (Å²) < 4.78 is 14.8. The van der Waals surface area contributed by atoms with Gasteiger partial charge in [-0.05, 0) is 46.5 Å². The first-order valence-corrected chi connectivity index (χ1v) is 9.04. The van der Waals surface area contributed by atoms with Gasteiger partial charge in [-0.3, -0.25) is 4.79 Å². The number of benzene rings is 3. The Kier molecular flexibility index (Phi) is 4.54. The first-order valence-electron chi connectivity index (χ1n) is 8.66. The molecule has 1 aliphatic rings. The van der Waals surface area contributed by atoms with Gasteiger partial charge in [0.2, 0.25) is 5.91 Å². The van der Waals surface area contributed by atoms with Gasteiger partial charge < -0.3 is 4.90 Å². The summed E-state index contributed by atoms with van der Waals surface area (Å²) in [6, 6.07) is 18.2. The first-order chi connectivity index (χ1) is 13.0. The summed E-state index contributed by atoms with van der Waals surface area (Å²) in [5.41, 5.74) is 4.60. The lowest BCUT2D eigenvalue weighted by Crippen LogP contribution is -2.29. The van der Waals surface area contributed by atoms with Crippen LogP contribution in [0.2, 0.25) is 5.02 Å². The van der Waals surface area contributed by atoms with Crippen molar-refractivity contribution in [3.05, 3.63) is 88.2 Å². The smallest absolute Gasteiger partial charge is 0.224 e. The van der Waals surface area contributed by atoms with Crippen molar-refractivity contribution >= 4 is 35.3 Å². The minimum atomic E-state index is -0.282. The average molecular weight is 378 g/mol. The van der Waals surface area contributed by atoms with E-state index in [1.54, 1.807) is 17.0 Å². The lowest BCUT2D eigenvalue weighted by Gasteiger charge is -2.26. The molecular weight excluding hydrogens is 361 g/mol. The maximum atomic E-state index is 14.8. The second kappa shape index (κ2) is 7.01. The molecule has 0 bridgehead atoms. The predicted octanol–water partition coefficient (Wildman–Crippen LogP) is 6.18. The molecule has 0 aromatic heterocycles. The molecule has 0 N–H and O–H groups in total. The van der Waals surface area contributed by atoms with Crippen LogP contribution in [0, 0.1) is 5.82 Å². The number of halogens is 2. The lowest BCUT2D eigenvalue weighted by molar-refractivity contribution is -0.116. The zero-order chi connectivity index (χ0) is 19.0. The maximum Gasteiger partial charge on any atom is 0.224 e. The van der Waals surface area contributed by atoms with E-state index in [4.69, 9.17) is 11.6 Å². The van der Waals surface area contributed by atoms with Gasteiger partial charge in [-0.2, -0.15) is 0 Å². The van der Waals surface area contributed by atoms with Crippen molar-refractivity contribution in [3.8, 4) is 11.1 Å². The van der Waals surface area contributed by atoms with Crippen LogP contribution < -0.4 is 4.90 Å². The van der Waals surface area contributed by atoms with Crippen LogP contribution in [-0.4, -0.2) is 5.91 Å². The molecule has 0 atom stereocenters. The molecule has 0 radical (unpaired) electrons. The molecule has 3 aromatic rings. The largest absolute Gasteiger partial charge is 0.308 e. The van der Waals surface area contributed by atoms with Gasteiger partial charge in [-0.15, -0.1) is 0 Å². The summed E-state index contributed by atoms with van der Waals surface area (Å²) in [4.78, 5) is 14.0. The van der Waals surface area contributed by atoms with Crippen LogP contribution in [0.1, 0.15) is 23.6 Å². The highest BCUT2D eigenvalue weighted by Crippen LogP contribution is 2.34. The number of nitrogens with zero attached hydrogens (tertiary/aromatic N) is 1. The standard InChI is InChI=1S/C23H17ClFNO/c1-15(27)26-14-19-11-21(16-5-3-2-4-6-16)22(25)12-18(19)8-7-17-9-10-20(24)13-23(17)26/h2-13H,14H2,1H3/b8-7-. The SMILES string of the molecule is CC(=O)N1Cc2cc(-c3ccccc3)c(F)cc2/C=C\c2ccc(Cl)cc21. The van der Waals surface area contributed by atoms with E-state index < -0.39 is 0 Å². The third-order valence-electron chi connectivity index (χ3n) is 4.75. The van der Waals surface area contributed by atoms with Gasteiger partial charge in [-0.25, -0.2) is 4.39 Å². The van der Waals surface area contributed by atoms with Gasteiger partial charge in [0, 0.05) is 17.5 Å². The fourth-order valence-electron chi connectivity index (χ4n) is 3.37. The normalized spacial score (nSPS) is 14.0. The van der Waals surface area contributed by atoms with Gasteiger partial charge in [0.25, 0.3) is 0 Å². The quantitative estimate of drug-likeness (QED) is 0.495. The molecule has 0 spiro atoms. The highest BCUT2D eigenvalue weighted by molar-refractivity contribution is 6.31. The highest BCUT2D eigenvalue weighted by atomic mass is 35.5. The molecule has 1 heterocycles. The highest BCUT2D eigenvalue weighted by Gasteiger charge is 2.20. The Morgan fingerprint density at radius 1 is 1.00 bits per heavy atom. The van der Waals surface area contributed by atoms with Crippen molar-refractivity contribution in [2.24, 2.45) is 0 Å². The van der Waals surface area contributed by atoms with Crippen molar-refractivity contribution < 1.29 is 9.18 Å². The van der Waals surface area contributed by atoms with Gasteiger partial charge >= 0.3 is 0 Å². The van der Waals surface area contributed by atoms with Crippen molar-refractivity contribution in [3.63, 3.8) is 0 Å². The van der Waals surface area contributed by atoms with Gasteiger partial charge in [0.05, 0.1) is 12.2 Å². The Morgan fingerprint density at radius 2 is 1.74 bits per heavy atom. The molecule has 4 heteroatoms. The number of hydrogen-bond acceptors (Lipinski definition) is 1. The molecule has 1 amide bonds. The molecule has 27 heavy (non-hydrogen) atoms. The van der Waals surface area contributed by atoms with Gasteiger partial charge in [0.15, 0.2) is 0 Å². The lowest BCUT2D eigenvalue weighted by atomic mass is 9.95.